The van der Waals surface area contributed by atoms with Gasteiger partial charge in [-0.1, -0.05) is 19.3 Å². The molecule has 1 saturated carbocycles. The average Bonchev–Trinajstić information content (AvgIpc) is 2.64. The molecular formula is C13H25NO. The third-order valence-electron chi connectivity index (χ3n) is 4.13. The molecule has 3 unspecified atom stereocenters. The molecule has 0 aromatic carbocycles. The van der Waals surface area contributed by atoms with Crippen molar-refractivity contribution in [3.63, 3.8) is 0 Å². The summed E-state index contributed by atoms with van der Waals surface area (Å²) in [5.41, 5.74) is 0. The van der Waals surface area contributed by atoms with E-state index in [9.17, 15) is 0 Å². The Hall–Kier alpha value is -0.0800. The van der Waals surface area contributed by atoms with Crippen LogP contribution in [0.25, 0.3) is 0 Å². The number of nitrogens with one attached hydrogen (secondary N) is 1. The predicted octanol–water partition coefficient (Wildman–Crippen LogP) is 2.58. The Morgan fingerprint density at radius 2 is 2.07 bits per heavy atom. The third-order valence-corrected chi connectivity index (χ3v) is 4.13. The van der Waals surface area contributed by atoms with Crippen LogP contribution in [0.4, 0.5) is 0 Å². The van der Waals surface area contributed by atoms with Crippen LogP contribution in [0, 0.1) is 11.8 Å². The van der Waals surface area contributed by atoms with E-state index in [0.29, 0.717) is 12.1 Å². The van der Waals surface area contributed by atoms with Gasteiger partial charge < -0.3 is 10.1 Å². The number of rotatable bonds is 5. The van der Waals surface area contributed by atoms with Crippen LogP contribution in [0.3, 0.4) is 0 Å². The van der Waals surface area contributed by atoms with E-state index in [1.165, 1.54) is 32.1 Å². The fourth-order valence-electron chi connectivity index (χ4n) is 2.83. The van der Waals surface area contributed by atoms with E-state index in [1.807, 2.05) is 0 Å². The van der Waals surface area contributed by atoms with Gasteiger partial charge in [0.15, 0.2) is 0 Å². The molecule has 0 bridgehead atoms. The molecule has 0 radical (unpaired) electrons. The molecule has 2 nitrogen and oxygen atoms in total. The molecule has 2 fully saturated rings. The lowest BCUT2D eigenvalue weighted by molar-refractivity contribution is 0.174. The number of ether oxygens (including phenoxy) is 1. The molecule has 1 saturated heterocycles. The van der Waals surface area contributed by atoms with Crippen LogP contribution < -0.4 is 5.32 Å². The van der Waals surface area contributed by atoms with Crippen LogP contribution in [0.15, 0.2) is 0 Å². The van der Waals surface area contributed by atoms with E-state index in [2.05, 4.69) is 19.2 Å². The van der Waals surface area contributed by atoms with Gasteiger partial charge >= 0.3 is 0 Å². The fourth-order valence-corrected chi connectivity index (χ4v) is 2.83. The smallest absolute Gasteiger partial charge is 0.0509 e. The molecule has 2 aliphatic rings. The van der Waals surface area contributed by atoms with E-state index in [4.69, 9.17) is 4.74 Å². The molecule has 0 aromatic heterocycles. The minimum Gasteiger partial charge on any atom is -0.381 e. The van der Waals surface area contributed by atoms with E-state index in [1.54, 1.807) is 0 Å². The zero-order valence-electron chi connectivity index (χ0n) is 10.2. The van der Waals surface area contributed by atoms with Gasteiger partial charge in [-0.15, -0.1) is 0 Å². The lowest BCUT2D eigenvalue weighted by Gasteiger charge is -2.31. The maximum Gasteiger partial charge on any atom is 0.0509 e. The van der Waals surface area contributed by atoms with Gasteiger partial charge in [0.1, 0.15) is 0 Å². The van der Waals surface area contributed by atoms with Gasteiger partial charge in [0.25, 0.3) is 0 Å². The molecule has 1 N–H and O–H groups in total. The van der Waals surface area contributed by atoms with Crippen LogP contribution in [0.5, 0.6) is 0 Å². The fraction of sp³-hybridized carbons (Fsp3) is 1.00. The second-order valence-corrected chi connectivity index (χ2v) is 5.51. The van der Waals surface area contributed by atoms with Crippen molar-refractivity contribution in [2.45, 2.75) is 58.0 Å². The zero-order chi connectivity index (χ0) is 10.7. The Kier molecular flexibility index (Phi) is 4.04. The summed E-state index contributed by atoms with van der Waals surface area (Å²) < 4.78 is 5.43. The van der Waals surface area contributed by atoms with E-state index >= 15 is 0 Å². The summed E-state index contributed by atoms with van der Waals surface area (Å²) in [4.78, 5) is 0. The molecule has 2 rings (SSSR count). The summed E-state index contributed by atoms with van der Waals surface area (Å²) in [6.45, 7) is 6.58. The van der Waals surface area contributed by atoms with Crippen molar-refractivity contribution in [1.82, 2.24) is 5.32 Å². The maximum atomic E-state index is 5.43. The molecule has 1 aliphatic carbocycles. The van der Waals surface area contributed by atoms with Gasteiger partial charge in [0.05, 0.1) is 6.61 Å². The highest BCUT2D eigenvalue weighted by Crippen LogP contribution is 2.30. The van der Waals surface area contributed by atoms with Crippen LogP contribution in [-0.2, 0) is 4.74 Å². The first kappa shape index (κ1) is 11.4. The first-order valence-corrected chi connectivity index (χ1v) is 6.59. The van der Waals surface area contributed by atoms with E-state index in [-0.39, 0.29) is 0 Å². The summed E-state index contributed by atoms with van der Waals surface area (Å²) in [6, 6.07) is 1.31. The van der Waals surface area contributed by atoms with Gasteiger partial charge in [-0.2, -0.15) is 0 Å². The molecule has 88 valence electrons. The van der Waals surface area contributed by atoms with Crippen molar-refractivity contribution < 1.29 is 4.74 Å². The van der Waals surface area contributed by atoms with Crippen molar-refractivity contribution in [3.8, 4) is 0 Å². The first-order chi connectivity index (χ1) is 7.25. The van der Waals surface area contributed by atoms with Gasteiger partial charge in [-0.25, -0.2) is 0 Å². The molecule has 2 heteroatoms. The monoisotopic (exact) mass is 211 g/mol. The third kappa shape index (κ3) is 3.18. The van der Waals surface area contributed by atoms with Crippen LogP contribution in [0.2, 0.25) is 0 Å². The number of hydrogen-bond acceptors (Lipinski definition) is 2. The maximum absolute atomic E-state index is 5.43. The van der Waals surface area contributed by atoms with Crippen molar-refractivity contribution in [2.24, 2.45) is 11.8 Å². The standard InChI is InChI=1S/C13H25NO/c1-10(8-12-4-3-5-12)14-11(2)13-6-7-15-9-13/h10-14H,3-9H2,1-2H3. The molecule has 0 spiro atoms. The molecule has 3 atom stereocenters. The molecule has 0 aromatic rings. The quantitative estimate of drug-likeness (QED) is 0.754. The van der Waals surface area contributed by atoms with E-state index in [0.717, 1.165) is 25.0 Å². The minimum atomic E-state index is 0.627. The molecule has 1 aliphatic heterocycles. The largest absolute Gasteiger partial charge is 0.381 e. The highest BCUT2D eigenvalue weighted by molar-refractivity contribution is 4.80. The molecular weight excluding hydrogens is 186 g/mol. The van der Waals surface area contributed by atoms with Crippen LogP contribution >= 0.6 is 0 Å². The van der Waals surface area contributed by atoms with Crippen LogP contribution in [0.1, 0.15) is 46.0 Å². The Morgan fingerprint density at radius 1 is 1.27 bits per heavy atom. The summed E-state index contributed by atoms with van der Waals surface area (Å²) in [5, 5.41) is 3.74. The van der Waals surface area contributed by atoms with Gasteiger partial charge in [0.2, 0.25) is 0 Å². The zero-order valence-corrected chi connectivity index (χ0v) is 10.2. The highest BCUT2D eigenvalue weighted by atomic mass is 16.5. The second kappa shape index (κ2) is 5.31. The average molecular weight is 211 g/mol. The summed E-state index contributed by atoms with van der Waals surface area (Å²) in [6.07, 6.45) is 7.01. The summed E-state index contributed by atoms with van der Waals surface area (Å²) in [7, 11) is 0. The van der Waals surface area contributed by atoms with Crippen molar-refractivity contribution in [3.05, 3.63) is 0 Å². The van der Waals surface area contributed by atoms with Crippen LogP contribution in [-0.4, -0.2) is 25.3 Å². The molecule has 0 amide bonds. The van der Waals surface area contributed by atoms with Crippen molar-refractivity contribution in [1.29, 1.82) is 0 Å². The Bertz CT molecular complexity index is 185. The SMILES string of the molecule is CC(CC1CCC1)NC(C)C1CCOC1. The van der Waals surface area contributed by atoms with Crippen molar-refractivity contribution >= 4 is 0 Å². The van der Waals surface area contributed by atoms with E-state index < -0.39 is 0 Å². The highest BCUT2D eigenvalue weighted by Gasteiger charge is 2.25. The molecule has 15 heavy (non-hydrogen) atoms. The van der Waals surface area contributed by atoms with Gasteiger partial charge in [-0.05, 0) is 38.5 Å². The van der Waals surface area contributed by atoms with Crippen molar-refractivity contribution in [2.75, 3.05) is 13.2 Å². The Labute approximate surface area is 93.8 Å². The second-order valence-electron chi connectivity index (χ2n) is 5.51. The Balaban J connectivity index is 1.65. The minimum absolute atomic E-state index is 0.627. The normalized spacial score (nSPS) is 31.2. The lowest BCUT2D eigenvalue weighted by atomic mass is 9.81. The molecule has 1 heterocycles. The van der Waals surface area contributed by atoms with Gasteiger partial charge in [-0.3, -0.25) is 0 Å². The summed E-state index contributed by atoms with van der Waals surface area (Å²) in [5.74, 6) is 1.76. The summed E-state index contributed by atoms with van der Waals surface area (Å²) >= 11 is 0. The number of hydrogen-bond donors (Lipinski definition) is 1. The topological polar surface area (TPSA) is 21.3 Å². The lowest BCUT2D eigenvalue weighted by Crippen LogP contribution is -2.41. The predicted molar refractivity (Wildman–Crippen MR) is 62.9 cm³/mol. The van der Waals surface area contributed by atoms with Gasteiger partial charge in [0, 0.05) is 18.7 Å². The Morgan fingerprint density at radius 3 is 2.60 bits per heavy atom. The first-order valence-electron chi connectivity index (χ1n) is 6.59.